The Balaban J connectivity index is 1.72. The summed E-state index contributed by atoms with van der Waals surface area (Å²) in [5.74, 6) is 1.04. The van der Waals surface area contributed by atoms with Gasteiger partial charge in [0.25, 0.3) is 0 Å². The van der Waals surface area contributed by atoms with Crippen molar-refractivity contribution in [3.05, 3.63) is 81.7 Å². The van der Waals surface area contributed by atoms with Gasteiger partial charge in [0, 0.05) is 22.2 Å². The van der Waals surface area contributed by atoms with Crippen LogP contribution in [0.4, 0.5) is 0 Å². The largest absolute Gasteiger partial charge is 0.321 e. The molecule has 4 nitrogen and oxygen atoms in total. The van der Waals surface area contributed by atoms with E-state index < -0.39 is 0 Å². The van der Waals surface area contributed by atoms with Crippen LogP contribution >= 0.6 is 15.9 Å². The highest BCUT2D eigenvalue weighted by molar-refractivity contribution is 9.10. The molecule has 0 amide bonds. The molecular weight excluding hydrogens is 412 g/mol. The lowest BCUT2D eigenvalue weighted by Crippen LogP contribution is -2.23. The molecule has 28 heavy (non-hydrogen) atoms. The van der Waals surface area contributed by atoms with Crippen molar-refractivity contribution in [1.29, 1.82) is 0 Å². The van der Waals surface area contributed by atoms with Gasteiger partial charge < -0.3 is 10.6 Å². The van der Waals surface area contributed by atoms with Crippen molar-refractivity contribution < 1.29 is 0 Å². The van der Waals surface area contributed by atoms with Crippen LogP contribution in [0, 0.1) is 0 Å². The normalized spacial score (nSPS) is 16.5. The summed E-state index contributed by atoms with van der Waals surface area (Å²) in [4.78, 5) is 11.7. The van der Waals surface area contributed by atoms with Gasteiger partial charge in [0.05, 0.1) is 11.7 Å². The number of halogens is 1. The van der Waals surface area contributed by atoms with Gasteiger partial charge in [0.1, 0.15) is 5.82 Å². The Morgan fingerprint density at radius 2 is 2.00 bits per heavy atom. The number of rotatable bonds is 5. The molecular formula is C23H25BrN4. The number of benzene rings is 2. The Kier molecular flexibility index (Phi) is 5.58. The predicted octanol–water partition coefficient (Wildman–Crippen LogP) is 4.55. The van der Waals surface area contributed by atoms with Gasteiger partial charge in [-0.25, -0.2) is 9.97 Å². The summed E-state index contributed by atoms with van der Waals surface area (Å²) in [5.41, 5.74) is 12.4. The summed E-state index contributed by atoms with van der Waals surface area (Å²) < 4.78 is 1.10. The molecule has 1 aliphatic rings. The van der Waals surface area contributed by atoms with Gasteiger partial charge >= 0.3 is 0 Å². The van der Waals surface area contributed by atoms with Gasteiger partial charge in [-0.05, 0) is 62.3 Å². The zero-order valence-corrected chi connectivity index (χ0v) is 17.9. The molecule has 1 aliphatic carbocycles. The van der Waals surface area contributed by atoms with Crippen molar-refractivity contribution in [3.63, 3.8) is 0 Å². The van der Waals surface area contributed by atoms with Crippen molar-refractivity contribution >= 4 is 15.9 Å². The van der Waals surface area contributed by atoms with Gasteiger partial charge in [0.2, 0.25) is 0 Å². The quantitative estimate of drug-likeness (QED) is 0.637. The number of aromatic nitrogens is 2. The van der Waals surface area contributed by atoms with E-state index in [2.05, 4.69) is 88.4 Å². The number of fused-ring (bicyclic) bond motifs is 3. The lowest BCUT2D eigenvalue weighted by molar-refractivity contribution is 0.379. The summed E-state index contributed by atoms with van der Waals surface area (Å²) in [6.45, 7) is 0.920. The SMILES string of the molecule is CN(C)CCC(N)c1ncc2c(n1)-c1ccccc1C(c1cccc(Br)c1)C2. The molecule has 0 radical (unpaired) electrons. The second kappa shape index (κ2) is 8.11. The second-order valence-electron chi connectivity index (χ2n) is 7.70. The predicted molar refractivity (Wildman–Crippen MR) is 117 cm³/mol. The number of hydrogen-bond donors (Lipinski definition) is 1. The molecule has 144 valence electrons. The van der Waals surface area contributed by atoms with Crippen molar-refractivity contribution in [3.8, 4) is 11.3 Å². The number of nitrogens with two attached hydrogens (primary N) is 1. The van der Waals surface area contributed by atoms with Gasteiger partial charge in [-0.3, -0.25) is 0 Å². The fourth-order valence-corrected chi connectivity index (χ4v) is 4.29. The molecule has 0 bridgehead atoms. The molecule has 2 N–H and O–H groups in total. The molecule has 1 aromatic heterocycles. The fourth-order valence-electron chi connectivity index (χ4n) is 3.88. The first kappa shape index (κ1) is 19.2. The molecule has 0 spiro atoms. The first-order valence-electron chi connectivity index (χ1n) is 9.64. The Morgan fingerprint density at radius 3 is 2.79 bits per heavy atom. The molecule has 2 unspecified atom stereocenters. The lowest BCUT2D eigenvalue weighted by atomic mass is 9.78. The summed E-state index contributed by atoms with van der Waals surface area (Å²) in [7, 11) is 4.11. The topological polar surface area (TPSA) is 55.0 Å². The highest BCUT2D eigenvalue weighted by atomic mass is 79.9. The Labute approximate surface area is 175 Å². The smallest absolute Gasteiger partial charge is 0.145 e. The van der Waals surface area contributed by atoms with Crippen LogP contribution in [-0.4, -0.2) is 35.5 Å². The van der Waals surface area contributed by atoms with Crippen LogP contribution in [0.3, 0.4) is 0 Å². The van der Waals surface area contributed by atoms with Crippen molar-refractivity contribution in [2.24, 2.45) is 5.73 Å². The van der Waals surface area contributed by atoms with Crippen LogP contribution in [0.15, 0.2) is 59.2 Å². The van der Waals surface area contributed by atoms with Gasteiger partial charge in [0.15, 0.2) is 0 Å². The highest BCUT2D eigenvalue weighted by Gasteiger charge is 2.28. The molecule has 0 fully saturated rings. The number of hydrogen-bond acceptors (Lipinski definition) is 4. The van der Waals surface area contributed by atoms with E-state index in [0.717, 1.165) is 35.4 Å². The van der Waals surface area contributed by atoms with Gasteiger partial charge in [-0.15, -0.1) is 0 Å². The molecule has 0 aliphatic heterocycles. The maximum Gasteiger partial charge on any atom is 0.145 e. The standard InChI is InChI=1S/C23H25BrN4/c1-28(2)11-10-21(25)23-26-14-16-13-20(15-6-5-7-17(24)12-15)18-8-3-4-9-19(18)22(16)27-23/h3-9,12,14,20-21H,10-11,13,25H2,1-2H3. The summed E-state index contributed by atoms with van der Waals surface area (Å²) >= 11 is 3.61. The fraction of sp³-hybridized carbons (Fsp3) is 0.304. The zero-order chi connectivity index (χ0) is 19.7. The molecule has 3 aromatic rings. The van der Waals surface area contributed by atoms with E-state index in [0.29, 0.717) is 5.92 Å². The minimum Gasteiger partial charge on any atom is -0.321 e. The van der Waals surface area contributed by atoms with E-state index in [1.54, 1.807) is 0 Å². The lowest BCUT2D eigenvalue weighted by Gasteiger charge is -2.28. The van der Waals surface area contributed by atoms with E-state index in [4.69, 9.17) is 10.7 Å². The third-order valence-electron chi connectivity index (χ3n) is 5.37. The van der Waals surface area contributed by atoms with E-state index in [9.17, 15) is 0 Å². The maximum absolute atomic E-state index is 6.37. The van der Waals surface area contributed by atoms with Crippen LogP contribution in [0.2, 0.25) is 0 Å². The zero-order valence-electron chi connectivity index (χ0n) is 16.3. The molecule has 0 saturated carbocycles. The molecule has 0 saturated heterocycles. The highest BCUT2D eigenvalue weighted by Crippen LogP contribution is 2.42. The monoisotopic (exact) mass is 436 g/mol. The van der Waals surface area contributed by atoms with Crippen molar-refractivity contribution in [1.82, 2.24) is 14.9 Å². The van der Waals surface area contributed by atoms with E-state index in [1.165, 1.54) is 22.3 Å². The first-order valence-corrected chi connectivity index (χ1v) is 10.4. The van der Waals surface area contributed by atoms with Gasteiger partial charge in [-0.1, -0.05) is 52.3 Å². The van der Waals surface area contributed by atoms with Crippen LogP contribution < -0.4 is 5.73 Å². The van der Waals surface area contributed by atoms with E-state index >= 15 is 0 Å². The minimum atomic E-state index is -0.150. The average molecular weight is 437 g/mol. The van der Waals surface area contributed by atoms with Crippen LogP contribution in [0.25, 0.3) is 11.3 Å². The summed E-state index contributed by atoms with van der Waals surface area (Å²) in [5, 5.41) is 0. The van der Waals surface area contributed by atoms with E-state index in [-0.39, 0.29) is 6.04 Å². The van der Waals surface area contributed by atoms with Crippen LogP contribution in [0.5, 0.6) is 0 Å². The molecule has 2 aromatic carbocycles. The third kappa shape index (κ3) is 3.88. The second-order valence-corrected chi connectivity index (χ2v) is 8.62. The van der Waals surface area contributed by atoms with Crippen LogP contribution in [0.1, 0.15) is 40.9 Å². The average Bonchev–Trinajstić information content (AvgIpc) is 2.71. The van der Waals surface area contributed by atoms with Gasteiger partial charge in [-0.2, -0.15) is 0 Å². The first-order chi connectivity index (χ1) is 13.5. The third-order valence-corrected chi connectivity index (χ3v) is 5.86. The van der Waals surface area contributed by atoms with E-state index in [1.807, 2.05) is 6.20 Å². The summed E-state index contributed by atoms with van der Waals surface area (Å²) in [6, 6.07) is 17.0. The molecule has 5 heteroatoms. The Morgan fingerprint density at radius 1 is 1.18 bits per heavy atom. The molecule has 1 heterocycles. The molecule has 4 rings (SSSR count). The Hall–Kier alpha value is -2.08. The van der Waals surface area contributed by atoms with Crippen LogP contribution in [-0.2, 0) is 6.42 Å². The maximum atomic E-state index is 6.37. The Bertz CT molecular complexity index is 986. The van der Waals surface area contributed by atoms with Crippen molar-refractivity contribution in [2.75, 3.05) is 20.6 Å². The summed E-state index contributed by atoms with van der Waals surface area (Å²) in [6.07, 6.45) is 3.72. The number of nitrogens with zero attached hydrogens (tertiary/aromatic N) is 3. The minimum absolute atomic E-state index is 0.150. The molecule has 2 atom stereocenters. The van der Waals surface area contributed by atoms with Crippen molar-refractivity contribution in [2.45, 2.75) is 24.8 Å².